The quantitative estimate of drug-likeness (QED) is 0.819. The molecule has 116 valence electrons. The molecule has 1 aromatic carbocycles. The lowest BCUT2D eigenvalue weighted by atomic mass is 9.80. The van der Waals surface area contributed by atoms with Gasteiger partial charge in [0.2, 0.25) is 0 Å². The van der Waals surface area contributed by atoms with E-state index in [1.807, 2.05) is 0 Å². The van der Waals surface area contributed by atoms with Gasteiger partial charge in [-0.15, -0.1) is 0 Å². The number of hydrogen-bond acceptors (Lipinski definition) is 2. The summed E-state index contributed by atoms with van der Waals surface area (Å²) in [5.41, 5.74) is 2.86. The van der Waals surface area contributed by atoms with Gasteiger partial charge in [0.05, 0.1) is 13.2 Å². The maximum absolute atomic E-state index is 5.42. The highest BCUT2D eigenvalue weighted by Crippen LogP contribution is 2.31. The molecular formula is C19H29NO. The summed E-state index contributed by atoms with van der Waals surface area (Å²) in [5, 5.41) is 0. The summed E-state index contributed by atoms with van der Waals surface area (Å²) in [5.74, 6) is 1.94. The number of ether oxygens (including phenoxy) is 1. The Hall–Kier alpha value is -1.02. The summed E-state index contributed by atoms with van der Waals surface area (Å²) >= 11 is 0. The van der Waals surface area contributed by atoms with Crippen molar-refractivity contribution in [1.82, 2.24) is 0 Å². The van der Waals surface area contributed by atoms with Crippen molar-refractivity contribution in [3.8, 4) is 0 Å². The Kier molecular flexibility index (Phi) is 5.18. The molecule has 2 fully saturated rings. The second kappa shape index (κ2) is 7.31. The van der Waals surface area contributed by atoms with Gasteiger partial charge in [0, 0.05) is 18.8 Å². The summed E-state index contributed by atoms with van der Waals surface area (Å²) in [7, 11) is 0. The number of rotatable bonds is 4. The van der Waals surface area contributed by atoms with E-state index < -0.39 is 0 Å². The molecule has 0 amide bonds. The van der Waals surface area contributed by atoms with Gasteiger partial charge in [-0.1, -0.05) is 44.7 Å². The van der Waals surface area contributed by atoms with Crippen LogP contribution in [-0.2, 0) is 11.2 Å². The van der Waals surface area contributed by atoms with E-state index in [0.29, 0.717) is 0 Å². The fourth-order valence-corrected chi connectivity index (χ4v) is 3.68. The Morgan fingerprint density at radius 1 is 1.00 bits per heavy atom. The van der Waals surface area contributed by atoms with Crippen LogP contribution in [0, 0.1) is 11.8 Å². The van der Waals surface area contributed by atoms with Crippen LogP contribution in [0.5, 0.6) is 0 Å². The van der Waals surface area contributed by atoms with Crippen LogP contribution in [0.25, 0.3) is 0 Å². The van der Waals surface area contributed by atoms with Gasteiger partial charge in [-0.25, -0.2) is 0 Å². The van der Waals surface area contributed by atoms with Gasteiger partial charge in [-0.05, 0) is 42.4 Å². The van der Waals surface area contributed by atoms with E-state index in [0.717, 1.165) is 38.1 Å². The normalized spacial score (nSPS) is 26.8. The summed E-state index contributed by atoms with van der Waals surface area (Å²) in [6.45, 7) is 6.18. The van der Waals surface area contributed by atoms with Gasteiger partial charge >= 0.3 is 0 Å². The van der Waals surface area contributed by atoms with E-state index in [2.05, 4.69) is 36.1 Å². The van der Waals surface area contributed by atoms with Crippen LogP contribution < -0.4 is 4.90 Å². The topological polar surface area (TPSA) is 12.5 Å². The molecule has 1 heterocycles. The van der Waals surface area contributed by atoms with Crippen molar-refractivity contribution >= 4 is 5.69 Å². The van der Waals surface area contributed by atoms with Crippen molar-refractivity contribution in [3.05, 3.63) is 29.8 Å². The SMILES string of the molecule is CC1CCC(CCc2ccc(N3CCOCC3)cc2)CC1. The zero-order valence-electron chi connectivity index (χ0n) is 13.4. The second-order valence-corrected chi connectivity index (χ2v) is 6.93. The monoisotopic (exact) mass is 287 g/mol. The molecule has 2 heteroatoms. The average molecular weight is 287 g/mol. The van der Waals surface area contributed by atoms with Crippen LogP contribution in [0.2, 0.25) is 0 Å². The number of morpholine rings is 1. The van der Waals surface area contributed by atoms with Crippen LogP contribution in [0.3, 0.4) is 0 Å². The zero-order chi connectivity index (χ0) is 14.5. The summed E-state index contributed by atoms with van der Waals surface area (Å²) < 4.78 is 5.42. The van der Waals surface area contributed by atoms with Gasteiger partial charge in [0.15, 0.2) is 0 Å². The Labute approximate surface area is 129 Å². The molecule has 1 aliphatic heterocycles. The van der Waals surface area contributed by atoms with Crippen molar-refractivity contribution < 1.29 is 4.74 Å². The molecule has 2 nitrogen and oxygen atoms in total. The molecular weight excluding hydrogens is 258 g/mol. The van der Waals surface area contributed by atoms with E-state index in [1.54, 1.807) is 0 Å². The maximum Gasteiger partial charge on any atom is 0.0642 e. The lowest BCUT2D eigenvalue weighted by Crippen LogP contribution is -2.36. The molecule has 1 saturated carbocycles. The number of hydrogen-bond donors (Lipinski definition) is 0. The first-order valence-electron chi connectivity index (χ1n) is 8.73. The van der Waals surface area contributed by atoms with Gasteiger partial charge in [-0.3, -0.25) is 0 Å². The molecule has 0 bridgehead atoms. The summed E-state index contributed by atoms with van der Waals surface area (Å²) in [6.07, 6.45) is 8.42. The molecule has 1 aromatic rings. The minimum atomic E-state index is 0.863. The van der Waals surface area contributed by atoms with E-state index in [4.69, 9.17) is 4.74 Å². The Bertz CT molecular complexity index is 414. The third kappa shape index (κ3) is 4.23. The summed E-state index contributed by atoms with van der Waals surface area (Å²) in [4.78, 5) is 2.43. The van der Waals surface area contributed by atoms with Gasteiger partial charge in [-0.2, -0.15) is 0 Å². The third-order valence-electron chi connectivity index (χ3n) is 5.29. The van der Waals surface area contributed by atoms with E-state index in [-0.39, 0.29) is 0 Å². The van der Waals surface area contributed by atoms with Crippen molar-refractivity contribution in [1.29, 1.82) is 0 Å². The highest BCUT2D eigenvalue weighted by Gasteiger charge is 2.18. The largest absolute Gasteiger partial charge is 0.378 e. The molecule has 1 aliphatic carbocycles. The van der Waals surface area contributed by atoms with Gasteiger partial charge in [0.25, 0.3) is 0 Å². The van der Waals surface area contributed by atoms with Crippen molar-refractivity contribution in [2.45, 2.75) is 45.4 Å². The predicted octanol–water partition coefficient (Wildman–Crippen LogP) is 4.28. The first kappa shape index (κ1) is 14.9. The van der Waals surface area contributed by atoms with E-state index >= 15 is 0 Å². The smallest absolute Gasteiger partial charge is 0.0642 e. The molecule has 2 aliphatic rings. The number of nitrogens with zero attached hydrogens (tertiary/aromatic N) is 1. The highest BCUT2D eigenvalue weighted by atomic mass is 16.5. The Balaban J connectivity index is 1.48. The molecule has 0 N–H and O–H groups in total. The van der Waals surface area contributed by atoms with Crippen molar-refractivity contribution in [2.75, 3.05) is 31.2 Å². The lowest BCUT2D eigenvalue weighted by Gasteiger charge is -2.29. The van der Waals surface area contributed by atoms with E-state index in [9.17, 15) is 0 Å². The molecule has 0 atom stereocenters. The van der Waals surface area contributed by atoms with Crippen LogP contribution >= 0.6 is 0 Å². The molecule has 0 unspecified atom stereocenters. The van der Waals surface area contributed by atoms with Crippen LogP contribution in [0.4, 0.5) is 5.69 Å². The van der Waals surface area contributed by atoms with E-state index in [1.165, 1.54) is 49.8 Å². The molecule has 21 heavy (non-hydrogen) atoms. The average Bonchev–Trinajstić information content (AvgIpc) is 2.56. The Morgan fingerprint density at radius 3 is 2.33 bits per heavy atom. The fraction of sp³-hybridized carbons (Fsp3) is 0.684. The molecule has 1 saturated heterocycles. The molecule has 0 aromatic heterocycles. The Morgan fingerprint density at radius 2 is 1.67 bits per heavy atom. The first-order valence-corrected chi connectivity index (χ1v) is 8.73. The molecule has 0 spiro atoms. The zero-order valence-corrected chi connectivity index (χ0v) is 13.4. The minimum Gasteiger partial charge on any atom is -0.378 e. The van der Waals surface area contributed by atoms with Crippen molar-refractivity contribution in [2.24, 2.45) is 11.8 Å². The predicted molar refractivity (Wildman–Crippen MR) is 88.9 cm³/mol. The van der Waals surface area contributed by atoms with Crippen LogP contribution in [0.15, 0.2) is 24.3 Å². The van der Waals surface area contributed by atoms with Crippen LogP contribution in [-0.4, -0.2) is 26.3 Å². The third-order valence-corrected chi connectivity index (χ3v) is 5.29. The number of aryl methyl sites for hydroxylation is 1. The second-order valence-electron chi connectivity index (χ2n) is 6.93. The minimum absolute atomic E-state index is 0.863. The standard InChI is InChI=1S/C19H29NO/c1-16-2-4-17(5-3-16)6-7-18-8-10-19(11-9-18)20-12-14-21-15-13-20/h8-11,16-17H,2-7,12-15H2,1H3. The maximum atomic E-state index is 5.42. The fourth-order valence-electron chi connectivity index (χ4n) is 3.68. The van der Waals surface area contributed by atoms with Gasteiger partial charge in [0.1, 0.15) is 0 Å². The van der Waals surface area contributed by atoms with Gasteiger partial charge < -0.3 is 9.64 Å². The molecule has 0 radical (unpaired) electrons. The lowest BCUT2D eigenvalue weighted by molar-refractivity contribution is 0.122. The summed E-state index contributed by atoms with van der Waals surface area (Å²) in [6, 6.07) is 9.25. The number of benzene rings is 1. The first-order chi connectivity index (χ1) is 10.3. The highest BCUT2D eigenvalue weighted by molar-refractivity contribution is 5.47. The molecule has 3 rings (SSSR count). The van der Waals surface area contributed by atoms with Crippen LogP contribution in [0.1, 0.15) is 44.6 Å². The van der Waals surface area contributed by atoms with Crippen molar-refractivity contribution in [3.63, 3.8) is 0 Å². The number of anilines is 1.